The third-order valence-electron chi connectivity index (χ3n) is 4.32. The highest BCUT2D eigenvalue weighted by Crippen LogP contribution is 2.28. The van der Waals surface area contributed by atoms with Crippen LogP contribution >= 0.6 is 0 Å². The summed E-state index contributed by atoms with van der Waals surface area (Å²) in [5, 5.41) is 3.05. The number of nitrogens with two attached hydrogens (primary N) is 1. The van der Waals surface area contributed by atoms with Crippen LogP contribution in [0.2, 0.25) is 0 Å². The van der Waals surface area contributed by atoms with Crippen LogP contribution in [0.15, 0.2) is 0 Å². The van der Waals surface area contributed by atoms with Gasteiger partial charge in [0.2, 0.25) is 5.91 Å². The van der Waals surface area contributed by atoms with Gasteiger partial charge in [0.05, 0.1) is 0 Å². The molecule has 0 heterocycles. The molecule has 1 saturated carbocycles. The zero-order valence-electron chi connectivity index (χ0n) is 12.1. The molecule has 0 bridgehead atoms. The van der Waals surface area contributed by atoms with E-state index in [0.29, 0.717) is 18.3 Å². The molecular formula is C15H30N2O. The lowest BCUT2D eigenvalue weighted by atomic mass is 9.83. The summed E-state index contributed by atoms with van der Waals surface area (Å²) in [6.07, 6.45) is 7.95. The minimum atomic E-state index is 0.219. The van der Waals surface area contributed by atoms with Crippen molar-refractivity contribution in [1.82, 2.24) is 5.32 Å². The fourth-order valence-corrected chi connectivity index (χ4v) is 2.63. The van der Waals surface area contributed by atoms with Gasteiger partial charge in [0.25, 0.3) is 0 Å². The van der Waals surface area contributed by atoms with Crippen molar-refractivity contribution in [3.63, 3.8) is 0 Å². The Labute approximate surface area is 112 Å². The van der Waals surface area contributed by atoms with Gasteiger partial charge in [-0.15, -0.1) is 0 Å². The van der Waals surface area contributed by atoms with E-state index < -0.39 is 0 Å². The molecule has 0 radical (unpaired) electrons. The van der Waals surface area contributed by atoms with Crippen molar-refractivity contribution in [2.24, 2.45) is 23.5 Å². The average molecular weight is 254 g/mol. The van der Waals surface area contributed by atoms with Crippen LogP contribution in [0, 0.1) is 17.8 Å². The normalized spacial score (nSPS) is 17.6. The molecule has 1 aliphatic carbocycles. The molecule has 3 heteroatoms. The van der Waals surface area contributed by atoms with E-state index in [0.717, 1.165) is 31.8 Å². The van der Waals surface area contributed by atoms with Crippen LogP contribution in [0.25, 0.3) is 0 Å². The number of hydrogen-bond acceptors (Lipinski definition) is 2. The maximum Gasteiger partial charge on any atom is 0.220 e. The molecule has 0 aliphatic heterocycles. The van der Waals surface area contributed by atoms with Gasteiger partial charge >= 0.3 is 0 Å². The summed E-state index contributed by atoms with van der Waals surface area (Å²) in [4.78, 5) is 11.7. The summed E-state index contributed by atoms with van der Waals surface area (Å²) in [5.74, 6) is 2.31. The second kappa shape index (κ2) is 8.52. The molecular weight excluding hydrogens is 224 g/mol. The van der Waals surface area contributed by atoms with Crippen LogP contribution in [0.5, 0.6) is 0 Å². The third-order valence-corrected chi connectivity index (χ3v) is 4.32. The molecule has 1 unspecified atom stereocenters. The monoisotopic (exact) mass is 254 g/mol. The highest BCUT2D eigenvalue weighted by atomic mass is 16.1. The lowest BCUT2D eigenvalue weighted by Crippen LogP contribution is -2.28. The van der Waals surface area contributed by atoms with E-state index in [4.69, 9.17) is 5.73 Å². The average Bonchev–Trinajstić information content (AvgIpc) is 2.27. The zero-order chi connectivity index (χ0) is 13.4. The summed E-state index contributed by atoms with van der Waals surface area (Å²) in [5.41, 5.74) is 5.61. The Balaban J connectivity index is 2.06. The second-order valence-corrected chi connectivity index (χ2v) is 6.06. The van der Waals surface area contributed by atoms with Gasteiger partial charge in [-0.1, -0.05) is 33.1 Å². The van der Waals surface area contributed by atoms with Crippen molar-refractivity contribution in [3.05, 3.63) is 0 Å². The molecule has 1 fully saturated rings. The molecule has 3 nitrogen and oxygen atoms in total. The van der Waals surface area contributed by atoms with Crippen LogP contribution in [-0.4, -0.2) is 19.0 Å². The molecule has 18 heavy (non-hydrogen) atoms. The molecule has 0 aromatic heterocycles. The standard InChI is InChI=1S/C15H30N2O/c1-12(2)14(8-10-16)6-7-15(18)17-11-9-13-4-3-5-13/h12-14H,3-11,16H2,1-2H3,(H,17,18). The van der Waals surface area contributed by atoms with Gasteiger partial charge in [-0.3, -0.25) is 4.79 Å². The zero-order valence-corrected chi connectivity index (χ0v) is 12.1. The fourth-order valence-electron chi connectivity index (χ4n) is 2.63. The van der Waals surface area contributed by atoms with Crippen molar-refractivity contribution in [2.45, 2.75) is 58.8 Å². The first kappa shape index (κ1) is 15.5. The first-order chi connectivity index (χ1) is 8.63. The molecule has 0 saturated heterocycles. The molecule has 3 N–H and O–H groups in total. The van der Waals surface area contributed by atoms with Crippen molar-refractivity contribution >= 4 is 5.91 Å². The molecule has 0 aromatic rings. The number of carbonyl (C=O) groups is 1. The Morgan fingerprint density at radius 1 is 1.33 bits per heavy atom. The summed E-state index contributed by atoms with van der Waals surface area (Å²) in [7, 11) is 0. The Morgan fingerprint density at radius 2 is 2.06 bits per heavy atom. The van der Waals surface area contributed by atoms with E-state index >= 15 is 0 Å². The van der Waals surface area contributed by atoms with Gasteiger partial charge in [-0.05, 0) is 43.6 Å². The molecule has 0 spiro atoms. The van der Waals surface area contributed by atoms with E-state index in [-0.39, 0.29) is 5.91 Å². The van der Waals surface area contributed by atoms with Gasteiger partial charge < -0.3 is 11.1 Å². The van der Waals surface area contributed by atoms with Crippen molar-refractivity contribution < 1.29 is 4.79 Å². The van der Waals surface area contributed by atoms with Gasteiger partial charge in [-0.25, -0.2) is 0 Å². The Bertz CT molecular complexity index is 237. The van der Waals surface area contributed by atoms with Crippen LogP contribution in [-0.2, 0) is 4.79 Å². The molecule has 1 amide bonds. The molecule has 0 aromatic carbocycles. The quantitative estimate of drug-likeness (QED) is 0.664. The van der Waals surface area contributed by atoms with E-state index in [1.807, 2.05) is 0 Å². The molecule has 1 aliphatic rings. The number of carbonyl (C=O) groups excluding carboxylic acids is 1. The highest BCUT2D eigenvalue weighted by molar-refractivity contribution is 5.75. The number of hydrogen-bond donors (Lipinski definition) is 2. The Hall–Kier alpha value is -0.570. The smallest absolute Gasteiger partial charge is 0.220 e. The van der Waals surface area contributed by atoms with Gasteiger partial charge in [0.1, 0.15) is 0 Å². The van der Waals surface area contributed by atoms with Crippen LogP contribution in [0.1, 0.15) is 58.8 Å². The van der Waals surface area contributed by atoms with Crippen molar-refractivity contribution in [3.8, 4) is 0 Å². The molecule has 1 rings (SSSR count). The predicted molar refractivity (Wildman–Crippen MR) is 76.2 cm³/mol. The number of amides is 1. The minimum Gasteiger partial charge on any atom is -0.356 e. The number of nitrogens with one attached hydrogen (secondary N) is 1. The Morgan fingerprint density at radius 3 is 2.56 bits per heavy atom. The summed E-state index contributed by atoms with van der Waals surface area (Å²) < 4.78 is 0. The van der Waals surface area contributed by atoms with Gasteiger partial charge in [0, 0.05) is 13.0 Å². The van der Waals surface area contributed by atoms with Crippen LogP contribution < -0.4 is 11.1 Å². The maximum atomic E-state index is 11.7. The fraction of sp³-hybridized carbons (Fsp3) is 0.933. The summed E-state index contributed by atoms with van der Waals surface area (Å²) in [6.45, 7) is 6.03. The predicted octanol–water partition coefficient (Wildman–Crippen LogP) is 2.69. The SMILES string of the molecule is CC(C)C(CCN)CCC(=O)NCCC1CCC1. The maximum absolute atomic E-state index is 11.7. The summed E-state index contributed by atoms with van der Waals surface area (Å²) in [6, 6.07) is 0. The van der Waals surface area contributed by atoms with E-state index in [1.165, 1.54) is 25.7 Å². The van der Waals surface area contributed by atoms with Gasteiger partial charge in [0.15, 0.2) is 0 Å². The van der Waals surface area contributed by atoms with E-state index in [1.54, 1.807) is 0 Å². The van der Waals surface area contributed by atoms with E-state index in [2.05, 4.69) is 19.2 Å². The van der Waals surface area contributed by atoms with Crippen molar-refractivity contribution in [1.29, 1.82) is 0 Å². The van der Waals surface area contributed by atoms with Crippen molar-refractivity contribution in [2.75, 3.05) is 13.1 Å². The topological polar surface area (TPSA) is 55.1 Å². The van der Waals surface area contributed by atoms with Crippen LogP contribution in [0.4, 0.5) is 0 Å². The van der Waals surface area contributed by atoms with Crippen LogP contribution in [0.3, 0.4) is 0 Å². The largest absolute Gasteiger partial charge is 0.356 e. The number of rotatable bonds is 9. The molecule has 106 valence electrons. The molecule has 1 atom stereocenters. The highest BCUT2D eigenvalue weighted by Gasteiger charge is 2.17. The Kier molecular flexibility index (Phi) is 7.33. The first-order valence-corrected chi connectivity index (χ1v) is 7.60. The second-order valence-electron chi connectivity index (χ2n) is 6.06. The lowest BCUT2D eigenvalue weighted by molar-refractivity contribution is -0.121. The van der Waals surface area contributed by atoms with Gasteiger partial charge in [-0.2, -0.15) is 0 Å². The summed E-state index contributed by atoms with van der Waals surface area (Å²) >= 11 is 0. The first-order valence-electron chi connectivity index (χ1n) is 7.60. The third kappa shape index (κ3) is 5.85. The minimum absolute atomic E-state index is 0.219. The lowest BCUT2D eigenvalue weighted by Gasteiger charge is -2.25. The van der Waals surface area contributed by atoms with E-state index in [9.17, 15) is 4.79 Å².